The lowest BCUT2D eigenvalue weighted by molar-refractivity contribution is 0.187. The van der Waals surface area contributed by atoms with E-state index in [2.05, 4.69) is 42.6 Å². The molecule has 0 aliphatic heterocycles. The van der Waals surface area contributed by atoms with Crippen molar-refractivity contribution in [3.63, 3.8) is 0 Å². The molecule has 20 heavy (non-hydrogen) atoms. The third-order valence-corrected chi connectivity index (χ3v) is 5.65. The standard InChI is InChI=1S/C19H29N/c1-2-19(15-20-18-13-14-18,16-9-5-3-6-10-16)17-11-7-4-8-12-17/h3,5-6,9-10,17-18,20H,2,4,7-8,11-15H2,1H3. The summed E-state index contributed by atoms with van der Waals surface area (Å²) in [7, 11) is 0. The minimum absolute atomic E-state index is 0.365. The topological polar surface area (TPSA) is 12.0 Å². The first-order valence-corrected chi connectivity index (χ1v) is 8.64. The molecule has 0 radical (unpaired) electrons. The van der Waals surface area contributed by atoms with Crippen LogP contribution in [0.5, 0.6) is 0 Å². The summed E-state index contributed by atoms with van der Waals surface area (Å²) in [5.41, 5.74) is 1.94. The fourth-order valence-electron chi connectivity index (χ4n) is 4.14. The van der Waals surface area contributed by atoms with E-state index < -0.39 is 0 Å². The molecule has 2 aliphatic carbocycles. The molecule has 1 atom stereocenters. The van der Waals surface area contributed by atoms with E-state index in [0.717, 1.165) is 12.0 Å². The summed E-state index contributed by atoms with van der Waals surface area (Å²) in [4.78, 5) is 0. The predicted molar refractivity (Wildman–Crippen MR) is 86.0 cm³/mol. The van der Waals surface area contributed by atoms with Gasteiger partial charge >= 0.3 is 0 Å². The van der Waals surface area contributed by atoms with E-state index in [-0.39, 0.29) is 0 Å². The summed E-state index contributed by atoms with van der Waals surface area (Å²) in [6, 6.07) is 12.1. The first-order valence-electron chi connectivity index (χ1n) is 8.64. The van der Waals surface area contributed by atoms with Crippen LogP contribution in [0, 0.1) is 5.92 Å². The van der Waals surface area contributed by atoms with Crippen LogP contribution in [-0.2, 0) is 5.41 Å². The van der Waals surface area contributed by atoms with E-state index in [1.807, 2.05) is 0 Å². The van der Waals surface area contributed by atoms with Crippen LogP contribution in [0.4, 0.5) is 0 Å². The summed E-state index contributed by atoms with van der Waals surface area (Å²) in [5.74, 6) is 0.870. The summed E-state index contributed by atoms with van der Waals surface area (Å²) in [6.45, 7) is 3.58. The normalized spacial score (nSPS) is 23.4. The number of nitrogens with one attached hydrogen (secondary N) is 1. The van der Waals surface area contributed by atoms with Gasteiger partial charge in [0, 0.05) is 18.0 Å². The Morgan fingerprint density at radius 1 is 1.00 bits per heavy atom. The van der Waals surface area contributed by atoms with Crippen LogP contribution in [0.3, 0.4) is 0 Å². The van der Waals surface area contributed by atoms with Gasteiger partial charge < -0.3 is 5.32 Å². The Bertz CT molecular complexity index is 403. The molecule has 1 aromatic rings. The van der Waals surface area contributed by atoms with Crippen LogP contribution in [0.2, 0.25) is 0 Å². The van der Waals surface area contributed by atoms with Gasteiger partial charge in [-0.25, -0.2) is 0 Å². The molecule has 2 aliphatic rings. The maximum Gasteiger partial charge on any atom is 0.0103 e. The van der Waals surface area contributed by atoms with Gasteiger partial charge in [-0.1, -0.05) is 56.5 Å². The molecule has 3 rings (SSSR count). The number of hydrogen-bond acceptors (Lipinski definition) is 1. The molecule has 0 spiro atoms. The van der Waals surface area contributed by atoms with Crippen LogP contribution in [-0.4, -0.2) is 12.6 Å². The molecule has 1 heteroatoms. The first-order chi connectivity index (χ1) is 9.85. The Morgan fingerprint density at radius 2 is 1.70 bits per heavy atom. The Balaban J connectivity index is 1.85. The molecule has 0 saturated heterocycles. The van der Waals surface area contributed by atoms with E-state index in [1.165, 1.54) is 57.9 Å². The van der Waals surface area contributed by atoms with E-state index in [9.17, 15) is 0 Å². The summed E-state index contributed by atoms with van der Waals surface area (Å²) >= 11 is 0. The molecular weight excluding hydrogens is 242 g/mol. The SMILES string of the molecule is CCC(CNC1CC1)(c1ccccc1)C1CCCCC1. The van der Waals surface area contributed by atoms with Gasteiger partial charge in [0.2, 0.25) is 0 Å². The zero-order chi connectivity index (χ0) is 13.8. The van der Waals surface area contributed by atoms with Crippen molar-refractivity contribution >= 4 is 0 Å². The highest BCUT2D eigenvalue weighted by Gasteiger charge is 2.40. The monoisotopic (exact) mass is 271 g/mol. The largest absolute Gasteiger partial charge is 0.313 e. The molecular formula is C19H29N. The average molecular weight is 271 g/mol. The average Bonchev–Trinajstić information content (AvgIpc) is 3.35. The van der Waals surface area contributed by atoms with E-state index >= 15 is 0 Å². The lowest BCUT2D eigenvalue weighted by Crippen LogP contribution is -2.45. The van der Waals surface area contributed by atoms with Crippen LogP contribution in [0.25, 0.3) is 0 Å². The van der Waals surface area contributed by atoms with E-state index in [0.29, 0.717) is 5.41 Å². The minimum atomic E-state index is 0.365. The fourth-order valence-corrected chi connectivity index (χ4v) is 4.14. The van der Waals surface area contributed by atoms with Crippen LogP contribution < -0.4 is 5.32 Å². The molecule has 0 heterocycles. The molecule has 1 N–H and O–H groups in total. The van der Waals surface area contributed by atoms with Gasteiger partial charge in [0.15, 0.2) is 0 Å². The van der Waals surface area contributed by atoms with Gasteiger partial charge in [-0.15, -0.1) is 0 Å². The highest BCUT2D eigenvalue weighted by Crippen LogP contribution is 2.43. The van der Waals surface area contributed by atoms with Crippen molar-refractivity contribution < 1.29 is 0 Å². The van der Waals surface area contributed by atoms with Crippen molar-refractivity contribution in [1.29, 1.82) is 0 Å². The second-order valence-electron chi connectivity index (χ2n) is 6.87. The first kappa shape index (κ1) is 14.1. The fraction of sp³-hybridized carbons (Fsp3) is 0.684. The Morgan fingerprint density at radius 3 is 2.30 bits per heavy atom. The zero-order valence-corrected chi connectivity index (χ0v) is 12.9. The predicted octanol–water partition coefficient (Wildman–Crippen LogP) is 4.67. The number of hydrogen-bond donors (Lipinski definition) is 1. The smallest absolute Gasteiger partial charge is 0.0103 e. The van der Waals surface area contributed by atoms with Crippen molar-refractivity contribution in [1.82, 2.24) is 5.32 Å². The van der Waals surface area contributed by atoms with Gasteiger partial charge in [-0.3, -0.25) is 0 Å². The van der Waals surface area contributed by atoms with Crippen molar-refractivity contribution in [3.8, 4) is 0 Å². The molecule has 0 amide bonds. The van der Waals surface area contributed by atoms with Gasteiger partial charge in [0.05, 0.1) is 0 Å². The minimum Gasteiger partial charge on any atom is -0.313 e. The number of benzene rings is 1. The van der Waals surface area contributed by atoms with Gasteiger partial charge in [0.25, 0.3) is 0 Å². The third kappa shape index (κ3) is 2.93. The van der Waals surface area contributed by atoms with Crippen molar-refractivity contribution in [2.45, 2.75) is 69.7 Å². The van der Waals surface area contributed by atoms with Crippen molar-refractivity contribution in [2.24, 2.45) is 5.92 Å². The Hall–Kier alpha value is -0.820. The van der Waals surface area contributed by atoms with Crippen molar-refractivity contribution in [3.05, 3.63) is 35.9 Å². The summed E-state index contributed by atoms with van der Waals surface area (Å²) in [5, 5.41) is 3.84. The van der Waals surface area contributed by atoms with Crippen LogP contribution in [0.15, 0.2) is 30.3 Å². The quantitative estimate of drug-likeness (QED) is 0.793. The Kier molecular flexibility index (Phi) is 4.45. The molecule has 0 aromatic heterocycles. The highest BCUT2D eigenvalue weighted by atomic mass is 15.0. The molecule has 2 saturated carbocycles. The molecule has 1 aromatic carbocycles. The molecule has 110 valence electrons. The van der Waals surface area contributed by atoms with Gasteiger partial charge in [0.1, 0.15) is 0 Å². The molecule has 1 unspecified atom stereocenters. The second-order valence-corrected chi connectivity index (χ2v) is 6.87. The lowest BCUT2D eigenvalue weighted by Gasteiger charge is -2.43. The van der Waals surface area contributed by atoms with Crippen LogP contribution >= 0.6 is 0 Å². The van der Waals surface area contributed by atoms with Gasteiger partial charge in [-0.05, 0) is 43.6 Å². The maximum absolute atomic E-state index is 3.84. The lowest BCUT2D eigenvalue weighted by atomic mass is 9.63. The van der Waals surface area contributed by atoms with E-state index in [1.54, 1.807) is 5.56 Å². The maximum atomic E-state index is 3.84. The van der Waals surface area contributed by atoms with Gasteiger partial charge in [-0.2, -0.15) is 0 Å². The second kappa shape index (κ2) is 6.30. The number of rotatable bonds is 6. The zero-order valence-electron chi connectivity index (χ0n) is 12.9. The third-order valence-electron chi connectivity index (χ3n) is 5.65. The molecule has 1 nitrogen and oxygen atoms in total. The highest BCUT2D eigenvalue weighted by molar-refractivity contribution is 5.27. The van der Waals surface area contributed by atoms with E-state index in [4.69, 9.17) is 0 Å². The Labute approximate surface area is 124 Å². The van der Waals surface area contributed by atoms with Crippen molar-refractivity contribution in [2.75, 3.05) is 6.54 Å². The molecule has 0 bridgehead atoms. The van der Waals surface area contributed by atoms with Crippen LogP contribution in [0.1, 0.15) is 63.9 Å². The molecule has 2 fully saturated rings. The summed E-state index contributed by atoms with van der Waals surface area (Å²) < 4.78 is 0. The summed E-state index contributed by atoms with van der Waals surface area (Å²) in [6.07, 6.45) is 11.2.